The predicted molar refractivity (Wildman–Crippen MR) is 138 cm³/mol. The molecule has 33 heavy (non-hydrogen) atoms. The number of rotatable bonds is 8. The van der Waals surface area contributed by atoms with Crippen molar-refractivity contribution in [2.75, 3.05) is 7.11 Å². The van der Waals surface area contributed by atoms with Gasteiger partial charge in [-0.05, 0) is 71.3 Å². The molecule has 0 heterocycles. The molecule has 0 aromatic heterocycles. The van der Waals surface area contributed by atoms with Crippen LogP contribution in [0.5, 0.6) is 11.5 Å². The lowest BCUT2D eigenvalue weighted by Gasteiger charge is -2.15. The van der Waals surface area contributed by atoms with Crippen LogP contribution in [0, 0.1) is 21.8 Å². The largest absolute Gasteiger partial charge is 0.493 e. The van der Waals surface area contributed by atoms with Crippen molar-refractivity contribution in [3.8, 4) is 17.6 Å². The summed E-state index contributed by atoms with van der Waals surface area (Å²) in [6.07, 6.45) is 1.56. The van der Waals surface area contributed by atoms with Crippen LogP contribution in [0.4, 0.5) is 0 Å². The van der Waals surface area contributed by atoms with E-state index in [1.165, 1.54) is 5.56 Å². The monoisotopic (exact) mass is 552 g/mol. The average Bonchev–Trinajstić information content (AvgIpc) is 2.82. The first kappa shape index (κ1) is 24.3. The molecular weight excluding hydrogens is 527 g/mol. The fourth-order valence-electron chi connectivity index (χ4n) is 3.34. The Labute approximate surface area is 208 Å². The summed E-state index contributed by atoms with van der Waals surface area (Å²) in [5.41, 5.74) is 3.90. The molecule has 0 aliphatic carbocycles. The maximum Gasteiger partial charge on any atom is 0.262 e. The molecule has 3 aromatic rings. The van der Waals surface area contributed by atoms with Crippen LogP contribution < -0.4 is 14.8 Å². The number of methoxy groups -OCH3 is 1. The number of nitrogens with one attached hydrogen (secondary N) is 1. The first-order chi connectivity index (χ1) is 15.9. The van der Waals surface area contributed by atoms with E-state index >= 15 is 0 Å². The summed E-state index contributed by atoms with van der Waals surface area (Å²) in [5, 5.41) is 12.5. The van der Waals surface area contributed by atoms with E-state index < -0.39 is 5.91 Å². The number of halogens is 1. The smallest absolute Gasteiger partial charge is 0.262 e. The Morgan fingerprint density at radius 3 is 2.58 bits per heavy atom. The molecule has 0 radical (unpaired) electrons. The summed E-state index contributed by atoms with van der Waals surface area (Å²) in [6.45, 7) is 4.33. The molecule has 0 fully saturated rings. The molecule has 1 atom stereocenters. The molecule has 0 aliphatic rings. The maximum atomic E-state index is 12.7. The van der Waals surface area contributed by atoms with Crippen molar-refractivity contribution < 1.29 is 14.3 Å². The Bertz CT molecular complexity index is 1200. The van der Waals surface area contributed by atoms with Crippen molar-refractivity contribution in [1.29, 1.82) is 5.26 Å². The topological polar surface area (TPSA) is 71.3 Å². The quantitative estimate of drug-likeness (QED) is 0.212. The van der Waals surface area contributed by atoms with Gasteiger partial charge in [0.25, 0.3) is 5.91 Å². The van der Waals surface area contributed by atoms with Gasteiger partial charge in [-0.15, -0.1) is 0 Å². The lowest BCUT2D eigenvalue weighted by atomic mass is 10.1. The van der Waals surface area contributed by atoms with Crippen LogP contribution in [-0.4, -0.2) is 13.0 Å². The van der Waals surface area contributed by atoms with Gasteiger partial charge in [0.05, 0.1) is 16.7 Å². The van der Waals surface area contributed by atoms with E-state index in [1.54, 1.807) is 19.3 Å². The standard InChI is InChI=1S/C27H25IN2O3/c1-18-8-7-9-20(12-18)17-33-26-24(28)14-21(15-25(26)32-3)13-23(16-29)27(31)30-19(2)22-10-5-4-6-11-22/h4-15,19H,17H2,1-3H3,(H,30,31)/b23-13-/t19-/m0/s1. The second-order valence-electron chi connectivity index (χ2n) is 7.59. The Kier molecular flexibility index (Phi) is 8.50. The van der Waals surface area contributed by atoms with Crippen LogP contribution in [0.3, 0.4) is 0 Å². The minimum atomic E-state index is -0.428. The SMILES string of the molecule is COc1cc(/C=C(/C#N)C(=O)N[C@@H](C)c2ccccc2)cc(I)c1OCc1cccc(C)c1. The fourth-order valence-corrected chi connectivity index (χ4v) is 4.12. The number of carbonyl (C=O) groups excluding carboxylic acids is 1. The van der Waals surface area contributed by atoms with E-state index in [0.717, 1.165) is 14.7 Å². The van der Waals surface area contributed by atoms with Crippen LogP contribution in [0.1, 0.15) is 35.2 Å². The first-order valence-electron chi connectivity index (χ1n) is 10.4. The fraction of sp³-hybridized carbons (Fsp3) is 0.185. The number of aryl methyl sites for hydroxylation is 1. The Morgan fingerprint density at radius 1 is 1.15 bits per heavy atom. The lowest BCUT2D eigenvalue weighted by Crippen LogP contribution is -2.27. The highest BCUT2D eigenvalue weighted by Crippen LogP contribution is 2.35. The molecule has 0 spiro atoms. The molecule has 3 aromatic carbocycles. The summed E-state index contributed by atoms with van der Waals surface area (Å²) >= 11 is 2.17. The van der Waals surface area contributed by atoms with E-state index in [-0.39, 0.29) is 11.6 Å². The van der Waals surface area contributed by atoms with E-state index in [2.05, 4.69) is 34.0 Å². The third-order valence-electron chi connectivity index (χ3n) is 5.04. The van der Waals surface area contributed by atoms with Crippen LogP contribution in [0.25, 0.3) is 6.08 Å². The summed E-state index contributed by atoms with van der Waals surface area (Å²) < 4.78 is 12.4. The number of ether oxygens (including phenoxy) is 2. The molecule has 0 aliphatic heterocycles. The lowest BCUT2D eigenvalue weighted by molar-refractivity contribution is -0.117. The number of nitrogens with zero attached hydrogens (tertiary/aromatic N) is 1. The molecule has 1 N–H and O–H groups in total. The highest BCUT2D eigenvalue weighted by atomic mass is 127. The van der Waals surface area contributed by atoms with Gasteiger partial charge in [-0.25, -0.2) is 0 Å². The summed E-state index contributed by atoms with van der Waals surface area (Å²) in [7, 11) is 1.57. The zero-order valence-corrected chi connectivity index (χ0v) is 20.9. The van der Waals surface area contributed by atoms with Gasteiger partial charge in [0.1, 0.15) is 18.2 Å². The van der Waals surface area contributed by atoms with Crippen LogP contribution in [-0.2, 0) is 11.4 Å². The third kappa shape index (κ3) is 6.59. The highest BCUT2D eigenvalue weighted by Gasteiger charge is 2.16. The summed E-state index contributed by atoms with van der Waals surface area (Å²) in [4.78, 5) is 12.7. The Hall–Kier alpha value is -3.31. The minimum Gasteiger partial charge on any atom is -0.493 e. The first-order valence-corrected chi connectivity index (χ1v) is 11.5. The molecule has 3 rings (SSSR count). The summed E-state index contributed by atoms with van der Waals surface area (Å²) in [6, 6.07) is 23.1. The van der Waals surface area contributed by atoms with Crippen molar-refractivity contribution in [1.82, 2.24) is 5.32 Å². The van der Waals surface area contributed by atoms with Gasteiger partial charge in [0.15, 0.2) is 11.5 Å². The van der Waals surface area contributed by atoms with Gasteiger partial charge in [-0.1, -0.05) is 60.2 Å². The second kappa shape index (κ2) is 11.5. The number of amides is 1. The predicted octanol–water partition coefficient (Wildman–Crippen LogP) is 5.97. The number of hydrogen-bond acceptors (Lipinski definition) is 4. The molecule has 1 amide bonds. The number of carbonyl (C=O) groups is 1. The van der Waals surface area contributed by atoms with Crippen molar-refractivity contribution in [3.05, 3.63) is 98.1 Å². The Balaban J connectivity index is 1.79. The Morgan fingerprint density at radius 2 is 1.91 bits per heavy atom. The van der Waals surface area contributed by atoms with Gasteiger partial charge in [0.2, 0.25) is 0 Å². The second-order valence-corrected chi connectivity index (χ2v) is 8.75. The molecule has 0 saturated heterocycles. The van der Waals surface area contributed by atoms with Gasteiger partial charge in [-0.2, -0.15) is 5.26 Å². The molecule has 0 saturated carbocycles. The zero-order chi connectivity index (χ0) is 23.8. The molecular formula is C27H25IN2O3. The van der Waals surface area contributed by atoms with Crippen molar-refractivity contribution in [2.24, 2.45) is 0 Å². The third-order valence-corrected chi connectivity index (χ3v) is 5.84. The summed E-state index contributed by atoms with van der Waals surface area (Å²) in [5.74, 6) is 0.733. The maximum absolute atomic E-state index is 12.7. The van der Waals surface area contributed by atoms with E-state index in [1.807, 2.05) is 74.5 Å². The van der Waals surface area contributed by atoms with Gasteiger partial charge < -0.3 is 14.8 Å². The zero-order valence-electron chi connectivity index (χ0n) is 18.8. The molecule has 168 valence electrons. The number of benzene rings is 3. The van der Waals surface area contributed by atoms with Gasteiger partial charge >= 0.3 is 0 Å². The average molecular weight is 552 g/mol. The minimum absolute atomic E-state index is 0.0177. The van der Waals surface area contributed by atoms with Crippen molar-refractivity contribution >= 4 is 34.6 Å². The van der Waals surface area contributed by atoms with Crippen molar-refractivity contribution in [3.63, 3.8) is 0 Å². The van der Waals surface area contributed by atoms with Crippen LogP contribution >= 0.6 is 22.6 Å². The number of hydrogen-bond donors (Lipinski definition) is 1. The normalized spacial score (nSPS) is 11.9. The van der Waals surface area contributed by atoms with E-state index in [0.29, 0.717) is 23.7 Å². The molecule has 0 unspecified atom stereocenters. The molecule has 5 nitrogen and oxygen atoms in total. The van der Waals surface area contributed by atoms with Crippen molar-refractivity contribution in [2.45, 2.75) is 26.5 Å². The van der Waals surface area contributed by atoms with Crippen LogP contribution in [0.2, 0.25) is 0 Å². The molecule has 6 heteroatoms. The highest BCUT2D eigenvalue weighted by molar-refractivity contribution is 14.1. The molecule has 0 bridgehead atoms. The number of nitriles is 1. The van der Waals surface area contributed by atoms with E-state index in [4.69, 9.17) is 9.47 Å². The van der Waals surface area contributed by atoms with Gasteiger partial charge in [0, 0.05) is 0 Å². The van der Waals surface area contributed by atoms with Gasteiger partial charge in [-0.3, -0.25) is 4.79 Å². The van der Waals surface area contributed by atoms with E-state index in [9.17, 15) is 10.1 Å². The van der Waals surface area contributed by atoms with Crippen LogP contribution in [0.15, 0.2) is 72.3 Å².